The van der Waals surface area contributed by atoms with E-state index in [-0.39, 0.29) is 12.1 Å². The van der Waals surface area contributed by atoms with E-state index in [2.05, 4.69) is 20.2 Å². The van der Waals surface area contributed by atoms with Crippen LogP contribution >= 0.6 is 11.6 Å². The van der Waals surface area contributed by atoms with E-state index in [0.29, 0.717) is 28.2 Å². The highest BCUT2D eigenvalue weighted by Crippen LogP contribution is 2.22. The van der Waals surface area contributed by atoms with Crippen molar-refractivity contribution in [2.45, 2.75) is 6.54 Å². The molecule has 23 heavy (non-hydrogen) atoms. The molecule has 0 aliphatic carbocycles. The summed E-state index contributed by atoms with van der Waals surface area (Å²) < 4.78 is 15.0. The Morgan fingerprint density at radius 1 is 1.39 bits per heavy atom. The number of anilines is 1. The van der Waals surface area contributed by atoms with E-state index < -0.39 is 5.97 Å². The number of ether oxygens (including phenoxy) is 1. The molecule has 0 amide bonds. The number of carbonyl (C=O) groups excluding carboxylic acids is 1. The molecule has 0 saturated heterocycles. The second-order valence-corrected chi connectivity index (χ2v) is 4.94. The minimum Gasteiger partial charge on any atom is -0.465 e. The van der Waals surface area contributed by atoms with Crippen LogP contribution in [0.3, 0.4) is 0 Å². The molecule has 3 rings (SSSR count). The van der Waals surface area contributed by atoms with Gasteiger partial charge in [0.25, 0.3) is 0 Å². The molecular formula is C15H12ClN3O4. The summed E-state index contributed by atoms with van der Waals surface area (Å²) in [6.45, 7) is 0.288. The standard InChI is InChI=1S/C15H12ClN3O4/c1-21-15(20)10-7-9(4-5-11(10)16)17-8-13-18-14(19-23-13)12-3-2-6-22-12/h2-7,17H,8H2,1H3. The van der Waals surface area contributed by atoms with Crippen molar-refractivity contribution in [2.24, 2.45) is 0 Å². The number of rotatable bonds is 5. The molecule has 0 aliphatic heterocycles. The number of nitrogens with zero attached hydrogens (tertiary/aromatic N) is 2. The largest absolute Gasteiger partial charge is 0.465 e. The zero-order valence-electron chi connectivity index (χ0n) is 12.1. The molecule has 0 bridgehead atoms. The lowest BCUT2D eigenvalue weighted by atomic mass is 10.2. The Hall–Kier alpha value is -2.80. The maximum atomic E-state index is 11.6. The first kappa shape index (κ1) is 15.1. The monoisotopic (exact) mass is 333 g/mol. The van der Waals surface area contributed by atoms with Crippen LogP contribution in [-0.2, 0) is 11.3 Å². The van der Waals surface area contributed by atoms with Crippen molar-refractivity contribution in [3.05, 3.63) is 53.1 Å². The van der Waals surface area contributed by atoms with E-state index in [0.717, 1.165) is 0 Å². The molecule has 2 aromatic heterocycles. The number of furan rings is 1. The van der Waals surface area contributed by atoms with Gasteiger partial charge in [-0.2, -0.15) is 4.98 Å². The predicted molar refractivity (Wildman–Crippen MR) is 82.1 cm³/mol. The van der Waals surface area contributed by atoms with Gasteiger partial charge in [-0.05, 0) is 30.3 Å². The van der Waals surface area contributed by atoms with Crippen molar-refractivity contribution in [2.75, 3.05) is 12.4 Å². The van der Waals surface area contributed by atoms with E-state index in [1.807, 2.05) is 0 Å². The number of nitrogens with one attached hydrogen (secondary N) is 1. The summed E-state index contributed by atoms with van der Waals surface area (Å²) in [6.07, 6.45) is 1.53. The Morgan fingerprint density at radius 3 is 3.00 bits per heavy atom. The molecule has 7 nitrogen and oxygen atoms in total. The fraction of sp³-hybridized carbons (Fsp3) is 0.133. The van der Waals surface area contributed by atoms with Gasteiger partial charge < -0.3 is 19.0 Å². The Kier molecular flexibility index (Phi) is 4.29. The molecule has 118 valence electrons. The number of halogens is 1. The summed E-state index contributed by atoms with van der Waals surface area (Å²) in [5.74, 6) is 0.778. The summed E-state index contributed by atoms with van der Waals surface area (Å²) in [6, 6.07) is 8.42. The summed E-state index contributed by atoms with van der Waals surface area (Å²) in [7, 11) is 1.30. The molecule has 0 aliphatic rings. The van der Waals surface area contributed by atoms with Crippen molar-refractivity contribution < 1.29 is 18.5 Å². The molecule has 0 saturated carbocycles. The van der Waals surface area contributed by atoms with Crippen LogP contribution < -0.4 is 5.32 Å². The minimum absolute atomic E-state index is 0.279. The van der Waals surface area contributed by atoms with E-state index in [4.69, 9.17) is 20.5 Å². The molecule has 1 aromatic carbocycles. The van der Waals surface area contributed by atoms with Crippen molar-refractivity contribution in [3.8, 4) is 11.6 Å². The summed E-state index contributed by atoms with van der Waals surface area (Å²) in [5, 5.41) is 7.22. The van der Waals surface area contributed by atoms with Gasteiger partial charge in [-0.3, -0.25) is 0 Å². The lowest BCUT2D eigenvalue weighted by Gasteiger charge is -2.07. The second kappa shape index (κ2) is 6.53. The van der Waals surface area contributed by atoms with Crippen LogP contribution in [0.5, 0.6) is 0 Å². The Morgan fingerprint density at radius 2 is 2.26 bits per heavy atom. The zero-order chi connectivity index (χ0) is 16.2. The van der Waals surface area contributed by atoms with Crippen LogP contribution in [0.25, 0.3) is 11.6 Å². The van der Waals surface area contributed by atoms with Crippen molar-refractivity contribution in [1.29, 1.82) is 0 Å². The fourth-order valence-corrected chi connectivity index (χ4v) is 2.11. The SMILES string of the molecule is COC(=O)c1cc(NCc2nc(-c3ccco3)no2)ccc1Cl. The molecule has 0 spiro atoms. The van der Waals surface area contributed by atoms with Gasteiger partial charge in [-0.1, -0.05) is 16.8 Å². The van der Waals surface area contributed by atoms with Crippen molar-refractivity contribution in [1.82, 2.24) is 10.1 Å². The number of carbonyl (C=O) groups is 1. The fourth-order valence-electron chi connectivity index (χ4n) is 1.91. The van der Waals surface area contributed by atoms with Crippen LogP contribution in [0.15, 0.2) is 45.5 Å². The molecular weight excluding hydrogens is 322 g/mol. The van der Waals surface area contributed by atoms with Gasteiger partial charge in [0.1, 0.15) is 0 Å². The van der Waals surface area contributed by atoms with Gasteiger partial charge in [0, 0.05) is 5.69 Å². The van der Waals surface area contributed by atoms with Crippen molar-refractivity contribution >= 4 is 23.3 Å². The number of aromatic nitrogens is 2. The Bertz CT molecular complexity index is 814. The van der Waals surface area contributed by atoms with Gasteiger partial charge >= 0.3 is 5.97 Å². The smallest absolute Gasteiger partial charge is 0.339 e. The lowest BCUT2D eigenvalue weighted by Crippen LogP contribution is -2.05. The zero-order valence-corrected chi connectivity index (χ0v) is 12.8. The number of hydrogen-bond donors (Lipinski definition) is 1. The average Bonchev–Trinajstić information content (AvgIpc) is 3.24. The van der Waals surface area contributed by atoms with Crippen LogP contribution in [0.1, 0.15) is 16.2 Å². The second-order valence-electron chi connectivity index (χ2n) is 4.53. The van der Waals surface area contributed by atoms with Gasteiger partial charge in [0.2, 0.25) is 11.7 Å². The first-order valence-corrected chi connectivity index (χ1v) is 7.03. The molecule has 0 fully saturated rings. The number of benzene rings is 1. The highest BCUT2D eigenvalue weighted by molar-refractivity contribution is 6.33. The summed E-state index contributed by atoms with van der Waals surface area (Å²) in [5.41, 5.74) is 0.952. The third kappa shape index (κ3) is 3.35. The molecule has 3 aromatic rings. The Labute approximate surface area is 136 Å². The van der Waals surface area contributed by atoms with E-state index in [1.165, 1.54) is 13.4 Å². The predicted octanol–water partition coefficient (Wildman–Crippen LogP) is 3.38. The molecule has 2 heterocycles. The molecule has 0 radical (unpaired) electrons. The Balaban J connectivity index is 1.70. The molecule has 0 atom stereocenters. The van der Waals surface area contributed by atoms with Crippen LogP contribution in [0, 0.1) is 0 Å². The summed E-state index contributed by atoms with van der Waals surface area (Å²) >= 11 is 5.97. The molecule has 0 unspecified atom stereocenters. The van der Waals surface area contributed by atoms with E-state index >= 15 is 0 Å². The topological polar surface area (TPSA) is 90.4 Å². The highest BCUT2D eigenvalue weighted by Gasteiger charge is 2.13. The highest BCUT2D eigenvalue weighted by atomic mass is 35.5. The van der Waals surface area contributed by atoms with Gasteiger partial charge in [-0.15, -0.1) is 0 Å². The first-order chi connectivity index (χ1) is 11.2. The van der Waals surface area contributed by atoms with E-state index in [9.17, 15) is 4.79 Å². The van der Waals surface area contributed by atoms with Crippen molar-refractivity contribution in [3.63, 3.8) is 0 Å². The number of hydrogen-bond acceptors (Lipinski definition) is 7. The van der Waals surface area contributed by atoms with Gasteiger partial charge in [0.15, 0.2) is 5.76 Å². The maximum Gasteiger partial charge on any atom is 0.339 e. The third-order valence-corrected chi connectivity index (χ3v) is 3.35. The molecule has 8 heteroatoms. The third-order valence-electron chi connectivity index (χ3n) is 3.03. The normalized spacial score (nSPS) is 10.5. The first-order valence-electron chi connectivity index (χ1n) is 6.65. The minimum atomic E-state index is -0.503. The lowest BCUT2D eigenvalue weighted by molar-refractivity contribution is 0.0601. The van der Waals surface area contributed by atoms with Gasteiger partial charge in [0.05, 0.1) is 30.5 Å². The number of methoxy groups -OCH3 is 1. The quantitative estimate of drug-likeness (QED) is 0.715. The van der Waals surface area contributed by atoms with Crippen LogP contribution in [-0.4, -0.2) is 23.2 Å². The van der Waals surface area contributed by atoms with Crippen LogP contribution in [0.2, 0.25) is 5.02 Å². The number of esters is 1. The maximum absolute atomic E-state index is 11.6. The summed E-state index contributed by atoms with van der Waals surface area (Å²) in [4.78, 5) is 15.8. The molecule has 1 N–H and O–H groups in total. The average molecular weight is 334 g/mol. The van der Waals surface area contributed by atoms with Gasteiger partial charge in [-0.25, -0.2) is 4.79 Å². The van der Waals surface area contributed by atoms with Crippen LogP contribution in [0.4, 0.5) is 5.69 Å². The van der Waals surface area contributed by atoms with E-state index in [1.54, 1.807) is 30.3 Å².